The first kappa shape index (κ1) is 16.7. The van der Waals surface area contributed by atoms with Crippen LogP contribution in [0, 0.1) is 11.3 Å². The minimum Gasteiger partial charge on any atom is -0.423 e. The van der Waals surface area contributed by atoms with Gasteiger partial charge in [-0.25, -0.2) is 4.98 Å². The lowest BCUT2D eigenvalue weighted by Crippen LogP contribution is -2.67. The van der Waals surface area contributed by atoms with Gasteiger partial charge in [0.05, 0.1) is 17.7 Å². The van der Waals surface area contributed by atoms with Gasteiger partial charge in [0.25, 0.3) is 6.01 Å². The van der Waals surface area contributed by atoms with Gasteiger partial charge < -0.3 is 19.4 Å². The quantitative estimate of drug-likeness (QED) is 0.726. The van der Waals surface area contributed by atoms with Crippen LogP contribution in [-0.2, 0) is 4.74 Å². The summed E-state index contributed by atoms with van der Waals surface area (Å²) in [6, 6.07) is 7.79. The summed E-state index contributed by atoms with van der Waals surface area (Å²) >= 11 is 1.57. The van der Waals surface area contributed by atoms with E-state index in [0.29, 0.717) is 18.1 Å². The number of nitrogens with zero attached hydrogens (tertiary/aromatic N) is 4. The Labute approximate surface area is 160 Å². The van der Waals surface area contributed by atoms with Gasteiger partial charge in [-0.3, -0.25) is 0 Å². The summed E-state index contributed by atoms with van der Waals surface area (Å²) < 4.78 is 11.8. The molecule has 8 heteroatoms. The second-order valence-corrected chi connectivity index (χ2v) is 7.96. The van der Waals surface area contributed by atoms with Crippen LogP contribution in [0.5, 0.6) is 0 Å². The molecule has 3 aliphatic rings. The number of thiazole rings is 1. The highest BCUT2D eigenvalue weighted by Crippen LogP contribution is 2.37. The van der Waals surface area contributed by atoms with Gasteiger partial charge in [-0.1, -0.05) is 0 Å². The fraction of sp³-hybridized carbons (Fsp3) is 0.421. The molecule has 0 saturated carbocycles. The Morgan fingerprint density at radius 3 is 2.96 bits per heavy atom. The van der Waals surface area contributed by atoms with Gasteiger partial charge in [0.15, 0.2) is 5.58 Å². The molecule has 0 spiro atoms. The number of fused-ring (bicyclic) bond motifs is 3. The van der Waals surface area contributed by atoms with Crippen LogP contribution >= 0.6 is 11.3 Å². The molecule has 1 N–H and O–H groups in total. The van der Waals surface area contributed by atoms with E-state index in [9.17, 15) is 0 Å². The van der Waals surface area contributed by atoms with Crippen LogP contribution in [-0.4, -0.2) is 41.7 Å². The van der Waals surface area contributed by atoms with Crippen LogP contribution in [0.4, 0.5) is 6.01 Å². The van der Waals surface area contributed by atoms with E-state index < -0.39 is 0 Å². The molecule has 2 bridgehead atoms. The van der Waals surface area contributed by atoms with Crippen molar-refractivity contribution in [2.75, 3.05) is 24.6 Å². The van der Waals surface area contributed by atoms with Crippen LogP contribution in [0.2, 0.25) is 0 Å². The molecule has 3 saturated heterocycles. The number of hydrogen-bond acceptors (Lipinski definition) is 8. The molecule has 5 heterocycles. The molecule has 3 fully saturated rings. The van der Waals surface area contributed by atoms with Gasteiger partial charge in [-0.05, 0) is 31.0 Å². The number of ether oxygens (including phenoxy) is 1. The highest BCUT2D eigenvalue weighted by Gasteiger charge is 2.38. The zero-order chi connectivity index (χ0) is 18.4. The zero-order valence-corrected chi connectivity index (χ0v) is 15.7. The first-order valence-electron chi connectivity index (χ1n) is 9.05. The molecule has 3 aliphatic heterocycles. The summed E-state index contributed by atoms with van der Waals surface area (Å²) in [5.74, 6) is 0. The Balaban J connectivity index is 1.57. The van der Waals surface area contributed by atoms with Crippen molar-refractivity contribution >= 4 is 28.5 Å². The van der Waals surface area contributed by atoms with Gasteiger partial charge in [-0.15, -0.1) is 11.3 Å². The molecular weight excluding hydrogens is 362 g/mol. The highest BCUT2D eigenvalue weighted by atomic mass is 32.1. The summed E-state index contributed by atoms with van der Waals surface area (Å²) in [5.41, 5.74) is 3.44. The van der Waals surface area contributed by atoms with Gasteiger partial charge >= 0.3 is 0 Å². The molecular formula is C19H19N5O2S. The third kappa shape index (κ3) is 2.98. The standard InChI is InChI=1S/C19H19N5O2S/c1-11(25-4-2-20)12-6-15(18-21-3-5-27-18)17-16(7-12)23-19(26-17)24-9-13-8-14(10-24)22-13/h3,5-7,11,13-14,22H,4,8-10H2,1H3. The van der Waals surface area contributed by atoms with Crippen molar-refractivity contribution in [3.8, 4) is 16.6 Å². The Bertz CT molecular complexity index is 993. The smallest absolute Gasteiger partial charge is 0.298 e. The van der Waals surface area contributed by atoms with Crippen molar-refractivity contribution in [1.82, 2.24) is 15.3 Å². The zero-order valence-electron chi connectivity index (χ0n) is 14.9. The van der Waals surface area contributed by atoms with Crippen LogP contribution in [0.15, 0.2) is 28.1 Å². The third-order valence-corrected chi connectivity index (χ3v) is 6.03. The first-order valence-corrected chi connectivity index (χ1v) is 9.93. The maximum Gasteiger partial charge on any atom is 0.298 e. The number of hydrogen-bond donors (Lipinski definition) is 1. The molecule has 2 aromatic heterocycles. The normalized spacial score (nSPS) is 22.4. The van der Waals surface area contributed by atoms with Crippen molar-refractivity contribution in [3.05, 3.63) is 29.3 Å². The summed E-state index contributed by atoms with van der Waals surface area (Å²) in [4.78, 5) is 11.4. The van der Waals surface area contributed by atoms with Gasteiger partial charge in [0.2, 0.25) is 0 Å². The molecule has 7 nitrogen and oxygen atoms in total. The van der Waals surface area contributed by atoms with E-state index in [1.165, 1.54) is 6.42 Å². The second-order valence-electron chi connectivity index (χ2n) is 7.06. The molecule has 27 heavy (non-hydrogen) atoms. The van der Waals surface area contributed by atoms with E-state index in [2.05, 4.69) is 15.2 Å². The molecule has 0 amide bonds. The molecule has 3 atom stereocenters. The lowest BCUT2D eigenvalue weighted by molar-refractivity contribution is 0.0918. The Morgan fingerprint density at radius 2 is 2.26 bits per heavy atom. The summed E-state index contributed by atoms with van der Waals surface area (Å²) in [6.07, 6.45) is 2.81. The SMILES string of the molecule is CC(OCC#N)c1cc(-c2nccs2)c2oc(N3CC4CC(C3)N4)nc2c1. The maximum atomic E-state index is 8.79. The van der Waals surface area contributed by atoms with E-state index in [-0.39, 0.29) is 12.7 Å². The van der Waals surface area contributed by atoms with E-state index in [0.717, 1.165) is 40.3 Å². The fourth-order valence-corrected chi connectivity index (χ4v) is 4.51. The van der Waals surface area contributed by atoms with Crippen LogP contribution in [0.1, 0.15) is 25.0 Å². The Hall–Kier alpha value is -2.47. The van der Waals surface area contributed by atoms with Gasteiger partial charge in [0.1, 0.15) is 17.1 Å². The van der Waals surface area contributed by atoms with Crippen molar-refractivity contribution in [3.63, 3.8) is 0 Å². The van der Waals surface area contributed by atoms with Crippen molar-refractivity contribution < 1.29 is 9.15 Å². The summed E-state index contributed by atoms with van der Waals surface area (Å²) in [6.45, 7) is 3.84. The summed E-state index contributed by atoms with van der Waals surface area (Å²) in [5, 5.41) is 15.2. The number of nitriles is 1. The third-order valence-electron chi connectivity index (χ3n) is 5.22. The van der Waals surface area contributed by atoms with E-state index in [1.807, 2.05) is 30.5 Å². The number of anilines is 1. The minimum atomic E-state index is -0.209. The predicted molar refractivity (Wildman–Crippen MR) is 103 cm³/mol. The van der Waals surface area contributed by atoms with Crippen LogP contribution in [0.25, 0.3) is 21.7 Å². The lowest BCUT2D eigenvalue weighted by atomic mass is 9.92. The number of piperidine rings is 1. The van der Waals surface area contributed by atoms with E-state index in [4.69, 9.17) is 19.4 Å². The molecule has 3 aromatic rings. The molecule has 138 valence electrons. The number of nitrogens with one attached hydrogen (secondary N) is 1. The van der Waals surface area contributed by atoms with Crippen molar-refractivity contribution in [2.45, 2.75) is 31.5 Å². The van der Waals surface area contributed by atoms with Crippen molar-refractivity contribution in [2.24, 2.45) is 0 Å². The molecule has 6 rings (SSSR count). The Morgan fingerprint density at radius 1 is 1.44 bits per heavy atom. The number of aromatic nitrogens is 2. The number of rotatable bonds is 5. The number of benzene rings is 1. The van der Waals surface area contributed by atoms with E-state index in [1.54, 1.807) is 17.5 Å². The highest BCUT2D eigenvalue weighted by molar-refractivity contribution is 7.13. The lowest BCUT2D eigenvalue weighted by Gasteiger charge is -2.47. The largest absolute Gasteiger partial charge is 0.423 e. The topological polar surface area (TPSA) is 87.2 Å². The number of piperazine rings is 1. The average molecular weight is 381 g/mol. The Kier molecular flexibility index (Phi) is 4.08. The van der Waals surface area contributed by atoms with Gasteiger partial charge in [0, 0.05) is 36.8 Å². The van der Waals surface area contributed by atoms with E-state index >= 15 is 0 Å². The van der Waals surface area contributed by atoms with Crippen molar-refractivity contribution in [1.29, 1.82) is 5.26 Å². The minimum absolute atomic E-state index is 0.0550. The molecule has 0 radical (unpaired) electrons. The number of oxazole rings is 1. The van der Waals surface area contributed by atoms with Crippen LogP contribution < -0.4 is 10.2 Å². The van der Waals surface area contributed by atoms with Crippen LogP contribution in [0.3, 0.4) is 0 Å². The fourth-order valence-electron chi connectivity index (χ4n) is 3.86. The predicted octanol–water partition coefficient (Wildman–Crippen LogP) is 3.10. The first-order chi connectivity index (χ1) is 13.2. The second kappa shape index (κ2) is 6.60. The average Bonchev–Trinajstić information content (AvgIpc) is 3.34. The monoisotopic (exact) mass is 381 g/mol. The molecule has 3 unspecified atom stereocenters. The maximum absolute atomic E-state index is 8.79. The summed E-state index contributed by atoms with van der Waals surface area (Å²) in [7, 11) is 0. The molecule has 0 aliphatic carbocycles. The van der Waals surface area contributed by atoms with Gasteiger partial charge in [-0.2, -0.15) is 10.2 Å². The molecule has 1 aromatic carbocycles.